The van der Waals surface area contributed by atoms with E-state index < -0.39 is 0 Å². The van der Waals surface area contributed by atoms with Gasteiger partial charge in [-0.05, 0) is 37.9 Å². The van der Waals surface area contributed by atoms with Crippen molar-refractivity contribution in [2.45, 2.75) is 45.4 Å². The highest BCUT2D eigenvalue weighted by molar-refractivity contribution is 5.82. The largest absolute Gasteiger partial charge is 0.349 e. The molecule has 0 saturated carbocycles. The zero-order valence-electron chi connectivity index (χ0n) is 13.6. The lowest BCUT2D eigenvalue weighted by Crippen LogP contribution is -2.42. The van der Waals surface area contributed by atoms with Gasteiger partial charge in [-0.3, -0.25) is 14.4 Å². The first-order chi connectivity index (χ1) is 11.3. The minimum absolute atomic E-state index is 0.0202. The highest BCUT2D eigenvalue weighted by Gasteiger charge is 2.30. The fourth-order valence-corrected chi connectivity index (χ4v) is 3.22. The summed E-state index contributed by atoms with van der Waals surface area (Å²) in [6.45, 7) is 5.24. The van der Waals surface area contributed by atoms with Gasteiger partial charge in [0.05, 0.1) is 18.3 Å². The van der Waals surface area contributed by atoms with Gasteiger partial charge in [0.2, 0.25) is 5.91 Å². The molecule has 1 aliphatic heterocycles. The molecule has 122 valence electrons. The molecule has 2 aromatic rings. The number of hydrogen-bond acceptors (Lipinski definition) is 3. The fourth-order valence-electron chi connectivity index (χ4n) is 3.22. The maximum absolute atomic E-state index is 12.6. The van der Waals surface area contributed by atoms with E-state index >= 15 is 0 Å². The van der Waals surface area contributed by atoms with Crippen molar-refractivity contribution in [2.75, 3.05) is 6.54 Å². The van der Waals surface area contributed by atoms with Crippen LogP contribution in [0, 0.1) is 0 Å². The van der Waals surface area contributed by atoms with Gasteiger partial charge in [0.15, 0.2) is 0 Å². The van der Waals surface area contributed by atoms with E-state index in [-0.39, 0.29) is 11.9 Å². The summed E-state index contributed by atoms with van der Waals surface area (Å²) in [5, 5.41) is 7.31. The van der Waals surface area contributed by atoms with Crippen LogP contribution in [0.2, 0.25) is 0 Å². The summed E-state index contributed by atoms with van der Waals surface area (Å²) < 4.78 is 1.91. The molecule has 1 fully saturated rings. The molecule has 23 heavy (non-hydrogen) atoms. The van der Waals surface area contributed by atoms with Gasteiger partial charge >= 0.3 is 0 Å². The Morgan fingerprint density at radius 1 is 1.30 bits per heavy atom. The number of nitrogens with one attached hydrogen (secondary N) is 1. The molecule has 0 radical (unpaired) electrons. The number of nitrogens with zero attached hydrogens (tertiary/aromatic N) is 3. The Labute approximate surface area is 137 Å². The second kappa shape index (κ2) is 7.42. The number of aromatic nitrogens is 2. The lowest BCUT2D eigenvalue weighted by molar-refractivity contribution is -0.125. The SMILES string of the molecule is CCn1nccc1CNC(=O)[C@@H]1CCCN1Cc1ccccc1. The van der Waals surface area contributed by atoms with Gasteiger partial charge in [-0.25, -0.2) is 0 Å². The van der Waals surface area contributed by atoms with Crippen LogP contribution in [0.3, 0.4) is 0 Å². The number of benzene rings is 1. The molecule has 3 rings (SSSR count). The molecule has 1 aromatic heterocycles. The standard InChI is InChI=1S/C18H24N4O/c1-2-22-16(10-11-20-22)13-19-18(23)17-9-6-12-21(17)14-15-7-4-3-5-8-15/h3-5,7-8,10-11,17H,2,6,9,12-14H2,1H3,(H,19,23)/t17-/m0/s1. The smallest absolute Gasteiger partial charge is 0.237 e. The monoisotopic (exact) mass is 312 g/mol. The molecule has 5 heteroatoms. The Hall–Kier alpha value is -2.14. The zero-order chi connectivity index (χ0) is 16.1. The van der Waals surface area contributed by atoms with Gasteiger partial charge < -0.3 is 5.32 Å². The lowest BCUT2D eigenvalue weighted by atomic mass is 10.1. The van der Waals surface area contributed by atoms with E-state index in [0.717, 1.165) is 38.2 Å². The van der Waals surface area contributed by atoms with Crippen LogP contribution in [0.15, 0.2) is 42.6 Å². The number of aryl methyl sites for hydroxylation is 1. The van der Waals surface area contributed by atoms with Gasteiger partial charge in [-0.1, -0.05) is 30.3 Å². The highest BCUT2D eigenvalue weighted by atomic mass is 16.2. The molecular formula is C18H24N4O. The van der Waals surface area contributed by atoms with E-state index in [9.17, 15) is 4.79 Å². The summed E-state index contributed by atoms with van der Waals surface area (Å²) in [5.74, 6) is 0.127. The van der Waals surface area contributed by atoms with Crippen molar-refractivity contribution in [3.8, 4) is 0 Å². The van der Waals surface area contributed by atoms with Crippen molar-refractivity contribution in [1.29, 1.82) is 0 Å². The molecule has 0 bridgehead atoms. The van der Waals surface area contributed by atoms with Crippen LogP contribution in [-0.2, 0) is 24.4 Å². The number of hydrogen-bond donors (Lipinski definition) is 1. The molecule has 0 aliphatic carbocycles. The van der Waals surface area contributed by atoms with Crippen LogP contribution in [0.25, 0.3) is 0 Å². The number of carbonyl (C=O) groups excluding carboxylic acids is 1. The summed E-state index contributed by atoms with van der Waals surface area (Å²) in [4.78, 5) is 14.8. The Bertz CT molecular complexity index is 637. The third-order valence-electron chi connectivity index (χ3n) is 4.44. The predicted molar refractivity (Wildman–Crippen MR) is 89.6 cm³/mol. The van der Waals surface area contributed by atoms with Crippen molar-refractivity contribution < 1.29 is 4.79 Å². The summed E-state index contributed by atoms with van der Waals surface area (Å²) in [5.41, 5.74) is 2.31. The molecule has 2 heterocycles. The summed E-state index contributed by atoms with van der Waals surface area (Å²) >= 11 is 0. The number of carbonyl (C=O) groups is 1. The van der Waals surface area contributed by atoms with Crippen LogP contribution in [0.4, 0.5) is 0 Å². The molecule has 1 aromatic carbocycles. The topological polar surface area (TPSA) is 50.2 Å². The second-order valence-corrected chi connectivity index (χ2v) is 5.97. The fraction of sp³-hybridized carbons (Fsp3) is 0.444. The Morgan fingerprint density at radius 2 is 2.13 bits per heavy atom. The lowest BCUT2D eigenvalue weighted by Gasteiger charge is -2.23. The zero-order valence-corrected chi connectivity index (χ0v) is 13.6. The minimum atomic E-state index is -0.0202. The van der Waals surface area contributed by atoms with Gasteiger partial charge in [-0.15, -0.1) is 0 Å². The van der Waals surface area contributed by atoms with E-state index in [1.807, 2.05) is 28.9 Å². The number of amides is 1. The second-order valence-electron chi connectivity index (χ2n) is 5.97. The number of rotatable bonds is 6. The van der Waals surface area contributed by atoms with Crippen LogP contribution < -0.4 is 5.32 Å². The molecule has 1 aliphatic rings. The van der Waals surface area contributed by atoms with Gasteiger partial charge in [-0.2, -0.15) is 5.10 Å². The molecular weight excluding hydrogens is 288 g/mol. The maximum atomic E-state index is 12.6. The molecule has 1 atom stereocenters. The summed E-state index contributed by atoms with van der Waals surface area (Å²) in [6, 6.07) is 12.3. The van der Waals surface area contributed by atoms with Gasteiger partial charge in [0.25, 0.3) is 0 Å². The average molecular weight is 312 g/mol. The molecule has 0 spiro atoms. The summed E-state index contributed by atoms with van der Waals surface area (Å²) in [7, 11) is 0. The maximum Gasteiger partial charge on any atom is 0.237 e. The van der Waals surface area contributed by atoms with E-state index in [2.05, 4.69) is 34.4 Å². The van der Waals surface area contributed by atoms with Crippen molar-refractivity contribution in [1.82, 2.24) is 20.0 Å². The Balaban J connectivity index is 1.57. The van der Waals surface area contributed by atoms with E-state index in [1.165, 1.54) is 5.56 Å². The van der Waals surface area contributed by atoms with Crippen LogP contribution >= 0.6 is 0 Å². The number of likely N-dealkylation sites (tertiary alicyclic amines) is 1. The normalized spacial score (nSPS) is 18.2. The van der Waals surface area contributed by atoms with E-state index in [0.29, 0.717) is 6.54 Å². The molecule has 0 unspecified atom stereocenters. The summed E-state index contributed by atoms with van der Waals surface area (Å²) in [6.07, 6.45) is 3.80. The van der Waals surface area contributed by atoms with Crippen LogP contribution in [0.1, 0.15) is 31.0 Å². The third-order valence-corrected chi connectivity index (χ3v) is 4.44. The quantitative estimate of drug-likeness (QED) is 0.889. The Morgan fingerprint density at radius 3 is 2.91 bits per heavy atom. The van der Waals surface area contributed by atoms with Crippen LogP contribution in [-0.4, -0.2) is 33.2 Å². The molecule has 1 amide bonds. The molecule has 1 saturated heterocycles. The first-order valence-electron chi connectivity index (χ1n) is 8.34. The van der Waals surface area contributed by atoms with Crippen molar-refractivity contribution in [3.63, 3.8) is 0 Å². The molecule has 5 nitrogen and oxygen atoms in total. The minimum Gasteiger partial charge on any atom is -0.349 e. The van der Waals surface area contributed by atoms with Gasteiger partial charge in [0.1, 0.15) is 0 Å². The van der Waals surface area contributed by atoms with Crippen molar-refractivity contribution in [3.05, 3.63) is 53.9 Å². The first kappa shape index (κ1) is 15.7. The predicted octanol–water partition coefficient (Wildman–Crippen LogP) is 2.18. The van der Waals surface area contributed by atoms with E-state index in [4.69, 9.17) is 0 Å². The molecule has 1 N–H and O–H groups in total. The Kier molecular flexibility index (Phi) is 5.08. The van der Waals surface area contributed by atoms with Gasteiger partial charge in [0, 0.05) is 19.3 Å². The van der Waals surface area contributed by atoms with E-state index in [1.54, 1.807) is 6.20 Å². The average Bonchev–Trinajstić information content (AvgIpc) is 3.22. The first-order valence-corrected chi connectivity index (χ1v) is 8.34. The van der Waals surface area contributed by atoms with Crippen molar-refractivity contribution in [2.24, 2.45) is 0 Å². The third kappa shape index (κ3) is 3.79. The van der Waals surface area contributed by atoms with Crippen molar-refractivity contribution >= 4 is 5.91 Å². The van der Waals surface area contributed by atoms with Crippen LogP contribution in [0.5, 0.6) is 0 Å². The highest BCUT2D eigenvalue weighted by Crippen LogP contribution is 2.20.